The van der Waals surface area contributed by atoms with E-state index >= 15 is 0 Å². The maximum absolute atomic E-state index is 11.1. The lowest BCUT2D eigenvalue weighted by Gasteiger charge is -2.22. The third-order valence-electron chi connectivity index (χ3n) is 4.36. The van der Waals surface area contributed by atoms with Gasteiger partial charge in [0.2, 0.25) is 0 Å². The third kappa shape index (κ3) is 2.12. The van der Waals surface area contributed by atoms with Crippen molar-refractivity contribution in [1.29, 1.82) is 0 Å². The highest BCUT2D eigenvalue weighted by Crippen LogP contribution is 2.37. The van der Waals surface area contributed by atoms with Gasteiger partial charge in [-0.1, -0.05) is 30.3 Å². The van der Waals surface area contributed by atoms with E-state index in [2.05, 4.69) is 9.55 Å². The van der Waals surface area contributed by atoms with Gasteiger partial charge in [0.1, 0.15) is 5.82 Å². The van der Waals surface area contributed by atoms with Crippen molar-refractivity contribution in [3.05, 3.63) is 69.9 Å². The molecule has 1 aromatic heterocycles. The number of imidazole rings is 1. The zero-order valence-electron chi connectivity index (χ0n) is 12.7. The van der Waals surface area contributed by atoms with Crippen molar-refractivity contribution in [3.63, 3.8) is 0 Å². The van der Waals surface area contributed by atoms with Crippen molar-refractivity contribution in [2.75, 3.05) is 0 Å². The molecule has 0 fully saturated rings. The molecular formula is C18H15N3O2. The molecule has 5 heteroatoms. The van der Waals surface area contributed by atoms with Gasteiger partial charge in [0.15, 0.2) is 0 Å². The predicted molar refractivity (Wildman–Crippen MR) is 88.2 cm³/mol. The van der Waals surface area contributed by atoms with Gasteiger partial charge in [0, 0.05) is 29.8 Å². The third-order valence-corrected chi connectivity index (χ3v) is 4.36. The van der Waals surface area contributed by atoms with Crippen molar-refractivity contribution in [3.8, 4) is 22.6 Å². The molecule has 114 valence electrons. The number of nitrogens with zero attached hydrogens (tertiary/aromatic N) is 3. The molecule has 0 amide bonds. The molecule has 23 heavy (non-hydrogen) atoms. The standard InChI is InChI=1S/C18H15N3O2/c1-12-9-15(21(22)23)10-14-7-8-20-16(17(12)14)11-19-18(20)13-5-3-2-4-6-13/h2-6,9-11H,7-8H2,1H3. The van der Waals surface area contributed by atoms with Gasteiger partial charge in [-0.15, -0.1) is 0 Å². The Labute approximate surface area is 133 Å². The average Bonchev–Trinajstić information content (AvgIpc) is 2.99. The molecule has 0 spiro atoms. The van der Waals surface area contributed by atoms with Crippen molar-refractivity contribution < 1.29 is 4.92 Å². The summed E-state index contributed by atoms with van der Waals surface area (Å²) in [5.41, 5.74) is 5.33. The fourth-order valence-corrected chi connectivity index (χ4v) is 3.36. The molecule has 1 aliphatic rings. The maximum atomic E-state index is 11.1. The van der Waals surface area contributed by atoms with Gasteiger partial charge in [0.25, 0.3) is 5.69 Å². The van der Waals surface area contributed by atoms with Crippen LogP contribution in [-0.4, -0.2) is 14.5 Å². The molecule has 2 heterocycles. The van der Waals surface area contributed by atoms with Gasteiger partial charge in [-0.2, -0.15) is 0 Å². The number of hydrogen-bond acceptors (Lipinski definition) is 3. The first kappa shape index (κ1) is 13.7. The van der Waals surface area contributed by atoms with Gasteiger partial charge in [-0.25, -0.2) is 4.98 Å². The number of benzene rings is 2. The lowest BCUT2D eigenvalue weighted by Crippen LogP contribution is -2.13. The second kappa shape index (κ2) is 5.05. The second-order valence-corrected chi connectivity index (χ2v) is 5.79. The number of aromatic nitrogens is 2. The summed E-state index contributed by atoms with van der Waals surface area (Å²) in [4.78, 5) is 15.3. The molecule has 4 rings (SSSR count). The van der Waals surface area contributed by atoms with Crippen LogP contribution in [0, 0.1) is 17.0 Å². The summed E-state index contributed by atoms with van der Waals surface area (Å²) in [5, 5.41) is 11.1. The Morgan fingerprint density at radius 2 is 2.00 bits per heavy atom. The summed E-state index contributed by atoms with van der Waals surface area (Å²) in [6.07, 6.45) is 2.65. The van der Waals surface area contributed by atoms with Crippen LogP contribution in [0.5, 0.6) is 0 Å². The number of rotatable bonds is 2. The Morgan fingerprint density at radius 1 is 1.22 bits per heavy atom. The van der Waals surface area contributed by atoms with Crippen LogP contribution in [0.1, 0.15) is 11.1 Å². The van der Waals surface area contributed by atoms with E-state index in [-0.39, 0.29) is 10.6 Å². The average molecular weight is 305 g/mol. The summed E-state index contributed by atoms with van der Waals surface area (Å²) in [6.45, 7) is 2.71. The van der Waals surface area contributed by atoms with Crippen LogP contribution in [0.15, 0.2) is 48.7 Å². The first-order valence-electron chi connectivity index (χ1n) is 7.54. The number of aryl methyl sites for hydroxylation is 2. The van der Waals surface area contributed by atoms with E-state index in [0.717, 1.165) is 46.7 Å². The topological polar surface area (TPSA) is 61.0 Å². The zero-order chi connectivity index (χ0) is 16.0. The number of hydrogen-bond donors (Lipinski definition) is 0. The van der Waals surface area contributed by atoms with Crippen LogP contribution < -0.4 is 0 Å². The fourth-order valence-electron chi connectivity index (χ4n) is 3.36. The second-order valence-electron chi connectivity index (χ2n) is 5.79. The van der Waals surface area contributed by atoms with Crippen LogP contribution in [0.25, 0.3) is 22.6 Å². The summed E-state index contributed by atoms with van der Waals surface area (Å²) in [7, 11) is 0. The molecule has 0 N–H and O–H groups in total. The van der Waals surface area contributed by atoms with Gasteiger partial charge >= 0.3 is 0 Å². The van der Waals surface area contributed by atoms with E-state index in [0.29, 0.717) is 0 Å². The lowest BCUT2D eigenvalue weighted by atomic mass is 9.93. The van der Waals surface area contributed by atoms with E-state index in [9.17, 15) is 10.1 Å². The monoisotopic (exact) mass is 305 g/mol. The highest BCUT2D eigenvalue weighted by atomic mass is 16.6. The normalized spacial score (nSPS) is 12.6. The largest absolute Gasteiger partial charge is 0.324 e. The summed E-state index contributed by atoms with van der Waals surface area (Å²) in [6, 6.07) is 13.4. The minimum absolute atomic E-state index is 0.164. The van der Waals surface area contributed by atoms with Crippen molar-refractivity contribution in [1.82, 2.24) is 9.55 Å². The Morgan fingerprint density at radius 3 is 2.74 bits per heavy atom. The van der Waals surface area contributed by atoms with Crippen LogP contribution >= 0.6 is 0 Å². The highest BCUT2D eigenvalue weighted by molar-refractivity contribution is 5.74. The molecule has 0 saturated carbocycles. The van der Waals surface area contributed by atoms with E-state index in [1.54, 1.807) is 12.1 Å². The SMILES string of the molecule is Cc1cc([N+](=O)[O-])cc2c1-c1cnc(-c3ccccc3)n1CC2. The summed E-state index contributed by atoms with van der Waals surface area (Å²) < 4.78 is 2.20. The number of non-ortho nitro benzene ring substituents is 1. The lowest BCUT2D eigenvalue weighted by molar-refractivity contribution is -0.385. The van der Waals surface area contributed by atoms with Crippen molar-refractivity contribution in [2.45, 2.75) is 19.9 Å². The van der Waals surface area contributed by atoms with Gasteiger partial charge in [-0.05, 0) is 24.5 Å². The van der Waals surface area contributed by atoms with E-state index in [1.165, 1.54) is 0 Å². The Hall–Kier alpha value is -2.95. The first-order valence-corrected chi connectivity index (χ1v) is 7.54. The Bertz CT molecular complexity index is 914. The minimum atomic E-state index is -0.325. The van der Waals surface area contributed by atoms with Crippen LogP contribution in [0.2, 0.25) is 0 Å². The Balaban J connectivity index is 1.89. The predicted octanol–water partition coefficient (Wildman–Crippen LogP) is 3.99. The molecule has 0 atom stereocenters. The van der Waals surface area contributed by atoms with Crippen molar-refractivity contribution >= 4 is 5.69 Å². The summed E-state index contributed by atoms with van der Waals surface area (Å²) >= 11 is 0. The highest BCUT2D eigenvalue weighted by Gasteiger charge is 2.24. The molecule has 0 radical (unpaired) electrons. The minimum Gasteiger partial charge on any atom is -0.324 e. The van der Waals surface area contributed by atoms with Crippen molar-refractivity contribution in [2.24, 2.45) is 0 Å². The van der Waals surface area contributed by atoms with Gasteiger partial charge in [0.05, 0.1) is 16.8 Å². The molecule has 1 aliphatic heterocycles. The maximum Gasteiger partial charge on any atom is 0.270 e. The number of nitro benzene ring substituents is 1. The fraction of sp³-hybridized carbons (Fsp3) is 0.167. The molecular weight excluding hydrogens is 290 g/mol. The molecule has 0 saturated heterocycles. The smallest absolute Gasteiger partial charge is 0.270 e. The van der Waals surface area contributed by atoms with E-state index in [1.807, 2.05) is 43.5 Å². The molecule has 2 aromatic carbocycles. The summed E-state index contributed by atoms with van der Waals surface area (Å²) in [5.74, 6) is 0.948. The Kier molecular flexibility index (Phi) is 3.01. The number of nitro groups is 1. The molecule has 0 bridgehead atoms. The van der Waals surface area contributed by atoms with Crippen LogP contribution in [0.3, 0.4) is 0 Å². The van der Waals surface area contributed by atoms with E-state index < -0.39 is 0 Å². The molecule has 0 unspecified atom stereocenters. The van der Waals surface area contributed by atoms with E-state index in [4.69, 9.17) is 0 Å². The van der Waals surface area contributed by atoms with Gasteiger partial charge in [-0.3, -0.25) is 10.1 Å². The first-order chi connectivity index (χ1) is 11.1. The molecule has 5 nitrogen and oxygen atoms in total. The molecule has 0 aliphatic carbocycles. The molecule has 3 aromatic rings. The zero-order valence-corrected chi connectivity index (χ0v) is 12.7. The number of fused-ring (bicyclic) bond motifs is 3. The quantitative estimate of drug-likeness (QED) is 0.531. The van der Waals surface area contributed by atoms with Gasteiger partial charge < -0.3 is 4.57 Å². The van der Waals surface area contributed by atoms with Crippen LogP contribution in [-0.2, 0) is 13.0 Å². The van der Waals surface area contributed by atoms with Crippen LogP contribution in [0.4, 0.5) is 5.69 Å².